The number of carbonyl (C=O) groups is 2. The number of carboxylic acids is 1. The summed E-state index contributed by atoms with van der Waals surface area (Å²) in [4.78, 5) is 26.5. The summed E-state index contributed by atoms with van der Waals surface area (Å²) < 4.78 is 4.94. The fourth-order valence-corrected chi connectivity index (χ4v) is 1.93. The monoisotopic (exact) mass is 297 g/mol. The number of aliphatic carboxylic acids is 1. The molecule has 1 aromatic rings. The molecule has 0 radical (unpaired) electrons. The third kappa shape index (κ3) is 6.87. The fourth-order valence-electron chi connectivity index (χ4n) is 1.93. The Morgan fingerprint density at radius 2 is 2.05 bits per heavy atom. The molecule has 2 N–H and O–H groups in total. The standard InChI is InChI=1S/C14H23N3O4/c1-9(14(19)20)5-4-6-10(2)15-12(18)7-8-13-16-11(3)17-21-13/h9-10H,4-8H2,1-3H3,(H,15,18)(H,19,20). The number of carbonyl (C=O) groups excluding carboxylic acids is 1. The predicted octanol–water partition coefficient (Wildman–Crippen LogP) is 1.71. The summed E-state index contributed by atoms with van der Waals surface area (Å²) >= 11 is 0. The van der Waals surface area contributed by atoms with Gasteiger partial charge in [-0.25, -0.2) is 0 Å². The maximum Gasteiger partial charge on any atom is 0.306 e. The normalized spacial score (nSPS) is 13.7. The Morgan fingerprint density at radius 1 is 1.33 bits per heavy atom. The van der Waals surface area contributed by atoms with Crippen LogP contribution in [-0.2, 0) is 16.0 Å². The van der Waals surface area contributed by atoms with Crippen molar-refractivity contribution in [3.63, 3.8) is 0 Å². The Labute approximate surface area is 124 Å². The lowest BCUT2D eigenvalue weighted by Crippen LogP contribution is -2.32. The summed E-state index contributed by atoms with van der Waals surface area (Å²) in [5.74, 6) is -0.156. The number of rotatable bonds is 9. The first-order chi connectivity index (χ1) is 9.88. The van der Waals surface area contributed by atoms with Crippen molar-refractivity contribution in [2.75, 3.05) is 0 Å². The summed E-state index contributed by atoms with van der Waals surface area (Å²) in [6, 6.07) is 0.0305. The van der Waals surface area contributed by atoms with Gasteiger partial charge in [0.15, 0.2) is 5.82 Å². The van der Waals surface area contributed by atoms with E-state index in [4.69, 9.17) is 9.63 Å². The van der Waals surface area contributed by atoms with Crippen LogP contribution in [0.25, 0.3) is 0 Å². The fraction of sp³-hybridized carbons (Fsp3) is 0.714. The molecule has 0 saturated carbocycles. The van der Waals surface area contributed by atoms with Crippen molar-refractivity contribution in [3.05, 3.63) is 11.7 Å². The van der Waals surface area contributed by atoms with Crippen molar-refractivity contribution in [1.82, 2.24) is 15.5 Å². The lowest BCUT2D eigenvalue weighted by atomic mass is 10.0. The molecule has 0 spiro atoms. The second kappa shape index (κ2) is 8.39. The van der Waals surface area contributed by atoms with Crippen molar-refractivity contribution in [2.45, 2.75) is 58.9 Å². The average molecular weight is 297 g/mol. The van der Waals surface area contributed by atoms with E-state index in [1.807, 2.05) is 6.92 Å². The van der Waals surface area contributed by atoms with Crippen LogP contribution in [0.15, 0.2) is 4.52 Å². The van der Waals surface area contributed by atoms with E-state index in [1.54, 1.807) is 13.8 Å². The van der Waals surface area contributed by atoms with Gasteiger partial charge in [0.25, 0.3) is 0 Å². The van der Waals surface area contributed by atoms with Crippen molar-refractivity contribution in [1.29, 1.82) is 0 Å². The first kappa shape index (κ1) is 17.1. The van der Waals surface area contributed by atoms with Crippen LogP contribution in [0.2, 0.25) is 0 Å². The van der Waals surface area contributed by atoms with E-state index >= 15 is 0 Å². The topological polar surface area (TPSA) is 105 Å². The van der Waals surface area contributed by atoms with Gasteiger partial charge >= 0.3 is 5.97 Å². The third-order valence-corrected chi connectivity index (χ3v) is 3.24. The molecule has 1 rings (SSSR count). The Bertz CT molecular complexity index is 473. The van der Waals surface area contributed by atoms with Crippen molar-refractivity contribution in [3.8, 4) is 0 Å². The van der Waals surface area contributed by atoms with Crippen molar-refractivity contribution >= 4 is 11.9 Å². The Kier molecular flexibility index (Phi) is 6.84. The van der Waals surface area contributed by atoms with Crippen LogP contribution in [0.1, 0.15) is 51.2 Å². The Hall–Kier alpha value is -1.92. The number of aryl methyl sites for hydroxylation is 2. The first-order valence-corrected chi connectivity index (χ1v) is 7.20. The number of hydrogen-bond acceptors (Lipinski definition) is 5. The van der Waals surface area contributed by atoms with Gasteiger partial charge in [-0.05, 0) is 26.7 Å². The van der Waals surface area contributed by atoms with E-state index in [-0.39, 0.29) is 17.9 Å². The van der Waals surface area contributed by atoms with E-state index in [0.717, 1.165) is 12.8 Å². The second-order valence-electron chi connectivity index (χ2n) is 5.37. The van der Waals surface area contributed by atoms with Crippen molar-refractivity contribution in [2.24, 2.45) is 5.92 Å². The molecule has 7 nitrogen and oxygen atoms in total. The first-order valence-electron chi connectivity index (χ1n) is 7.20. The molecule has 0 saturated heterocycles. The number of nitrogens with zero attached hydrogens (tertiary/aromatic N) is 2. The summed E-state index contributed by atoms with van der Waals surface area (Å²) in [7, 11) is 0. The zero-order valence-corrected chi connectivity index (χ0v) is 12.8. The van der Waals surface area contributed by atoms with Gasteiger partial charge in [-0.15, -0.1) is 0 Å². The second-order valence-corrected chi connectivity index (χ2v) is 5.37. The number of amides is 1. The molecule has 7 heteroatoms. The van der Waals surface area contributed by atoms with Gasteiger partial charge in [-0.3, -0.25) is 9.59 Å². The van der Waals surface area contributed by atoms with Crippen LogP contribution >= 0.6 is 0 Å². The van der Waals surface area contributed by atoms with Crippen LogP contribution in [0.3, 0.4) is 0 Å². The summed E-state index contributed by atoms with van der Waals surface area (Å²) in [5, 5.41) is 15.3. The van der Waals surface area contributed by atoms with Crippen LogP contribution in [-0.4, -0.2) is 33.2 Å². The van der Waals surface area contributed by atoms with Gasteiger partial charge < -0.3 is 14.9 Å². The quantitative estimate of drug-likeness (QED) is 0.718. The lowest BCUT2D eigenvalue weighted by Gasteiger charge is -2.14. The smallest absolute Gasteiger partial charge is 0.306 e. The van der Waals surface area contributed by atoms with E-state index < -0.39 is 5.97 Å². The van der Waals surface area contributed by atoms with E-state index in [1.165, 1.54) is 0 Å². The summed E-state index contributed by atoms with van der Waals surface area (Å²) in [6.07, 6.45) is 2.89. The molecular weight excluding hydrogens is 274 g/mol. The number of hydrogen-bond donors (Lipinski definition) is 2. The van der Waals surface area contributed by atoms with Crippen molar-refractivity contribution < 1.29 is 19.2 Å². The van der Waals surface area contributed by atoms with Crippen LogP contribution in [0.5, 0.6) is 0 Å². The van der Waals surface area contributed by atoms with E-state index in [0.29, 0.717) is 31.0 Å². The lowest BCUT2D eigenvalue weighted by molar-refractivity contribution is -0.141. The molecule has 118 valence electrons. The molecule has 0 fully saturated rings. The highest BCUT2D eigenvalue weighted by Crippen LogP contribution is 2.10. The number of carboxylic acid groups (broad SMARTS) is 1. The largest absolute Gasteiger partial charge is 0.481 e. The van der Waals surface area contributed by atoms with E-state index in [9.17, 15) is 9.59 Å². The number of aromatic nitrogens is 2. The van der Waals surface area contributed by atoms with Gasteiger partial charge in [0, 0.05) is 18.9 Å². The summed E-state index contributed by atoms with van der Waals surface area (Å²) in [6.45, 7) is 5.34. The van der Waals surface area contributed by atoms with E-state index in [2.05, 4.69) is 15.5 Å². The molecule has 0 aliphatic heterocycles. The van der Waals surface area contributed by atoms with Gasteiger partial charge in [0.2, 0.25) is 11.8 Å². The minimum Gasteiger partial charge on any atom is -0.481 e. The molecule has 2 unspecified atom stereocenters. The minimum atomic E-state index is -0.776. The maximum absolute atomic E-state index is 11.7. The molecule has 2 atom stereocenters. The molecule has 0 aliphatic rings. The molecule has 0 aliphatic carbocycles. The molecule has 1 amide bonds. The van der Waals surface area contributed by atoms with Gasteiger partial charge in [-0.2, -0.15) is 4.98 Å². The van der Waals surface area contributed by atoms with Gasteiger partial charge in [0.1, 0.15) is 0 Å². The highest BCUT2D eigenvalue weighted by Gasteiger charge is 2.13. The highest BCUT2D eigenvalue weighted by molar-refractivity contribution is 5.76. The van der Waals surface area contributed by atoms with Crippen LogP contribution in [0, 0.1) is 12.8 Å². The molecule has 1 aromatic heterocycles. The third-order valence-electron chi connectivity index (χ3n) is 3.24. The molecule has 21 heavy (non-hydrogen) atoms. The SMILES string of the molecule is Cc1noc(CCC(=O)NC(C)CCCC(C)C(=O)O)n1. The van der Waals surface area contributed by atoms with Gasteiger partial charge in [0.05, 0.1) is 5.92 Å². The number of nitrogens with one attached hydrogen (secondary N) is 1. The zero-order valence-electron chi connectivity index (χ0n) is 12.8. The minimum absolute atomic E-state index is 0.0305. The summed E-state index contributed by atoms with van der Waals surface area (Å²) in [5.41, 5.74) is 0. The molecule has 1 heterocycles. The highest BCUT2D eigenvalue weighted by atomic mass is 16.5. The zero-order chi connectivity index (χ0) is 15.8. The molecular formula is C14H23N3O4. The van der Waals surface area contributed by atoms with Crippen LogP contribution in [0.4, 0.5) is 0 Å². The maximum atomic E-state index is 11.7. The Balaban J connectivity index is 2.17. The molecule has 0 aromatic carbocycles. The van der Waals surface area contributed by atoms with Crippen LogP contribution < -0.4 is 5.32 Å². The van der Waals surface area contributed by atoms with Gasteiger partial charge in [-0.1, -0.05) is 18.5 Å². The predicted molar refractivity (Wildman–Crippen MR) is 75.6 cm³/mol. The Morgan fingerprint density at radius 3 is 2.62 bits per heavy atom. The molecule has 0 bridgehead atoms. The average Bonchev–Trinajstić information content (AvgIpc) is 2.82.